The molecule has 2 aromatic rings. The summed E-state index contributed by atoms with van der Waals surface area (Å²) in [5.41, 5.74) is 7.05. The molecule has 0 spiro atoms. The third kappa shape index (κ3) is 5.29. The number of amides is 2. The van der Waals surface area contributed by atoms with Gasteiger partial charge in [-0.05, 0) is 48.3 Å². The lowest BCUT2D eigenvalue weighted by Gasteiger charge is -2.11. The van der Waals surface area contributed by atoms with E-state index in [4.69, 9.17) is 17.0 Å². The second-order valence-electron chi connectivity index (χ2n) is 5.94. The number of hydrazine groups is 1. The highest BCUT2D eigenvalue weighted by Crippen LogP contribution is 2.28. The van der Waals surface area contributed by atoms with Crippen LogP contribution in [-0.2, 0) is 9.59 Å². The summed E-state index contributed by atoms with van der Waals surface area (Å²) in [6.45, 7) is -0.170. The van der Waals surface area contributed by atoms with E-state index in [-0.39, 0.29) is 23.5 Å². The van der Waals surface area contributed by atoms with Crippen LogP contribution in [0.25, 0.3) is 11.1 Å². The molecule has 7 heteroatoms. The minimum absolute atomic E-state index is 0.0487. The summed E-state index contributed by atoms with van der Waals surface area (Å²) in [7, 11) is 0. The van der Waals surface area contributed by atoms with Gasteiger partial charge in [0.2, 0.25) is 5.91 Å². The molecule has 0 atom stereocenters. The highest BCUT2D eigenvalue weighted by Gasteiger charge is 2.30. The second kappa shape index (κ2) is 8.44. The Kier molecular flexibility index (Phi) is 5.80. The van der Waals surface area contributed by atoms with E-state index in [0.717, 1.165) is 24.0 Å². The number of carbonyl (C=O) groups excluding carboxylic acids is 2. The van der Waals surface area contributed by atoms with Crippen LogP contribution in [-0.4, -0.2) is 23.5 Å². The van der Waals surface area contributed by atoms with Gasteiger partial charge in [-0.1, -0.05) is 42.5 Å². The van der Waals surface area contributed by atoms with Gasteiger partial charge in [0.15, 0.2) is 11.7 Å². The standard InChI is InChI=1S/C19H19N3O3S/c23-17(21-22-19(26)20-18(24)15-6-7-15)12-25-16-10-8-14(9-11-16)13-4-2-1-3-5-13/h1-5,8-11,15H,6-7,12H2,(H,21,23)(H2,20,22,24,26). The normalized spacial score (nSPS) is 12.8. The van der Waals surface area contributed by atoms with Gasteiger partial charge in [-0.3, -0.25) is 20.4 Å². The molecule has 0 heterocycles. The first kappa shape index (κ1) is 17.9. The number of hydrogen-bond acceptors (Lipinski definition) is 4. The lowest BCUT2D eigenvalue weighted by Crippen LogP contribution is -2.50. The van der Waals surface area contributed by atoms with Gasteiger partial charge in [-0.25, -0.2) is 0 Å². The molecule has 134 valence electrons. The highest BCUT2D eigenvalue weighted by atomic mass is 32.1. The van der Waals surface area contributed by atoms with Gasteiger partial charge in [-0.2, -0.15) is 0 Å². The molecule has 6 nitrogen and oxygen atoms in total. The van der Waals surface area contributed by atoms with Crippen molar-refractivity contribution in [1.82, 2.24) is 16.2 Å². The van der Waals surface area contributed by atoms with Crippen LogP contribution in [0.15, 0.2) is 54.6 Å². The summed E-state index contributed by atoms with van der Waals surface area (Å²) >= 11 is 4.94. The zero-order chi connectivity index (χ0) is 18.4. The summed E-state index contributed by atoms with van der Waals surface area (Å²) in [5.74, 6) is 0.115. The van der Waals surface area contributed by atoms with Crippen molar-refractivity contribution in [2.24, 2.45) is 5.92 Å². The molecule has 0 aromatic heterocycles. The van der Waals surface area contributed by atoms with E-state index in [1.807, 2.05) is 54.6 Å². The van der Waals surface area contributed by atoms with Gasteiger partial charge in [0.1, 0.15) is 5.75 Å². The SMILES string of the molecule is O=C(COc1ccc(-c2ccccc2)cc1)NNC(=S)NC(=O)C1CC1. The largest absolute Gasteiger partial charge is 0.484 e. The molecule has 0 unspecified atom stereocenters. The highest BCUT2D eigenvalue weighted by molar-refractivity contribution is 7.80. The number of benzene rings is 2. The maximum atomic E-state index is 11.8. The molecule has 1 fully saturated rings. The van der Waals surface area contributed by atoms with Crippen molar-refractivity contribution in [1.29, 1.82) is 0 Å². The Labute approximate surface area is 156 Å². The molecule has 2 amide bonds. The monoisotopic (exact) mass is 369 g/mol. The molecule has 3 rings (SSSR count). The molecule has 0 radical (unpaired) electrons. The Morgan fingerprint density at radius 1 is 0.962 bits per heavy atom. The number of nitrogens with one attached hydrogen (secondary N) is 3. The lowest BCUT2D eigenvalue weighted by atomic mass is 10.1. The number of rotatable bonds is 5. The van der Waals surface area contributed by atoms with E-state index in [9.17, 15) is 9.59 Å². The van der Waals surface area contributed by atoms with E-state index in [1.54, 1.807) is 0 Å². The van der Waals surface area contributed by atoms with E-state index in [0.29, 0.717) is 5.75 Å². The van der Waals surface area contributed by atoms with Crippen LogP contribution < -0.4 is 20.9 Å². The Bertz CT molecular complexity index is 789. The predicted octanol–water partition coefficient (Wildman–Crippen LogP) is 2.16. The molecule has 0 bridgehead atoms. The first-order chi connectivity index (χ1) is 12.6. The third-order valence-electron chi connectivity index (χ3n) is 3.83. The molecular formula is C19H19N3O3S. The van der Waals surface area contributed by atoms with Crippen molar-refractivity contribution in [2.45, 2.75) is 12.8 Å². The van der Waals surface area contributed by atoms with Crippen LogP contribution in [0.5, 0.6) is 5.75 Å². The summed E-state index contributed by atoms with van der Waals surface area (Å²) < 4.78 is 5.44. The minimum atomic E-state index is -0.403. The van der Waals surface area contributed by atoms with Gasteiger partial charge in [-0.15, -0.1) is 0 Å². The Balaban J connectivity index is 1.40. The maximum absolute atomic E-state index is 11.8. The summed E-state index contributed by atoms with van der Waals surface area (Å²) in [6.07, 6.45) is 1.77. The molecule has 26 heavy (non-hydrogen) atoms. The Morgan fingerprint density at radius 3 is 2.27 bits per heavy atom. The van der Waals surface area contributed by atoms with Crippen molar-refractivity contribution >= 4 is 29.1 Å². The fourth-order valence-electron chi connectivity index (χ4n) is 2.28. The van der Waals surface area contributed by atoms with Crippen molar-refractivity contribution in [3.8, 4) is 16.9 Å². The average molecular weight is 369 g/mol. The van der Waals surface area contributed by atoms with Crippen LogP contribution in [0, 0.1) is 5.92 Å². The van der Waals surface area contributed by atoms with Gasteiger partial charge in [0, 0.05) is 5.92 Å². The number of carbonyl (C=O) groups is 2. The smallest absolute Gasteiger partial charge is 0.276 e. The average Bonchev–Trinajstić information content (AvgIpc) is 3.51. The van der Waals surface area contributed by atoms with Crippen molar-refractivity contribution in [3.05, 3.63) is 54.6 Å². The molecule has 0 saturated heterocycles. The van der Waals surface area contributed by atoms with E-state index >= 15 is 0 Å². The quantitative estimate of drug-likeness (QED) is 0.556. The molecule has 3 N–H and O–H groups in total. The minimum Gasteiger partial charge on any atom is -0.484 e. The van der Waals surface area contributed by atoms with Crippen LogP contribution in [0.4, 0.5) is 0 Å². The first-order valence-corrected chi connectivity index (χ1v) is 8.70. The van der Waals surface area contributed by atoms with Gasteiger partial charge in [0.05, 0.1) is 0 Å². The fourth-order valence-corrected chi connectivity index (χ4v) is 2.43. The van der Waals surface area contributed by atoms with E-state index < -0.39 is 5.91 Å². The summed E-state index contributed by atoms with van der Waals surface area (Å²) in [5, 5.41) is 2.59. The lowest BCUT2D eigenvalue weighted by molar-refractivity contribution is -0.124. The first-order valence-electron chi connectivity index (χ1n) is 8.30. The van der Waals surface area contributed by atoms with Crippen molar-refractivity contribution in [3.63, 3.8) is 0 Å². The van der Waals surface area contributed by atoms with Gasteiger partial charge >= 0.3 is 0 Å². The zero-order valence-electron chi connectivity index (χ0n) is 14.0. The van der Waals surface area contributed by atoms with Gasteiger partial charge in [0.25, 0.3) is 5.91 Å². The molecule has 2 aromatic carbocycles. The van der Waals surface area contributed by atoms with Crippen LogP contribution in [0.3, 0.4) is 0 Å². The Hall–Kier alpha value is -2.93. The molecule has 1 saturated carbocycles. The zero-order valence-corrected chi connectivity index (χ0v) is 14.8. The van der Waals surface area contributed by atoms with Crippen LogP contribution in [0.2, 0.25) is 0 Å². The Morgan fingerprint density at radius 2 is 1.62 bits per heavy atom. The number of hydrogen-bond donors (Lipinski definition) is 3. The number of thiocarbonyl (C=S) groups is 1. The summed E-state index contributed by atoms with van der Waals surface area (Å²) in [4.78, 5) is 23.3. The molecule has 0 aliphatic heterocycles. The summed E-state index contributed by atoms with van der Waals surface area (Å²) in [6, 6.07) is 17.5. The van der Waals surface area contributed by atoms with Crippen molar-refractivity contribution in [2.75, 3.05) is 6.61 Å². The topological polar surface area (TPSA) is 79.5 Å². The van der Waals surface area contributed by atoms with E-state index in [2.05, 4.69) is 16.2 Å². The maximum Gasteiger partial charge on any atom is 0.276 e. The van der Waals surface area contributed by atoms with E-state index in [1.165, 1.54) is 0 Å². The van der Waals surface area contributed by atoms with Gasteiger partial charge < -0.3 is 10.1 Å². The fraction of sp³-hybridized carbons (Fsp3) is 0.211. The number of ether oxygens (including phenoxy) is 1. The van der Waals surface area contributed by atoms with Crippen LogP contribution >= 0.6 is 12.2 Å². The van der Waals surface area contributed by atoms with Crippen LogP contribution in [0.1, 0.15) is 12.8 Å². The second-order valence-corrected chi connectivity index (χ2v) is 6.35. The predicted molar refractivity (Wildman–Crippen MR) is 102 cm³/mol. The molecular weight excluding hydrogens is 350 g/mol. The van der Waals surface area contributed by atoms with Crippen molar-refractivity contribution < 1.29 is 14.3 Å². The molecule has 1 aliphatic rings. The molecule has 1 aliphatic carbocycles. The third-order valence-corrected chi connectivity index (χ3v) is 4.04.